The Labute approximate surface area is 150 Å². The summed E-state index contributed by atoms with van der Waals surface area (Å²) in [5, 5.41) is 3.89. The number of nitrogens with one attached hydrogen (secondary N) is 1. The molecular formula is C18H20ClN3OS. The summed E-state index contributed by atoms with van der Waals surface area (Å²) in [6, 6.07) is 6.42. The molecule has 0 radical (unpaired) electrons. The highest BCUT2D eigenvalue weighted by Gasteiger charge is 2.40. The lowest BCUT2D eigenvalue weighted by Gasteiger charge is -2.49. The summed E-state index contributed by atoms with van der Waals surface area (Å²) in [5.41, 5.74) is 0.947. The highest BCUT2D eigenvalue weighted by molar-refractivity contribution is 7.17. The number of amides is 1. The number of fused-ring (bicyclic) bond motifs is 3. The summed E-state index contributed by atoms with van der Waals surface area (Å²) in [4.78, 5) is 21.0. The number of hydrogen-bond donors (Lipinski definition) is 1. The molecule has 0 spiro atoms. The number of carbonyl (C=O) groups excluding carboxylic acids is 1. The fourth-order valence-electron chi connectivity index (χ4n) is 3.93. The van der Waals surface area contributed by atoms with Crippen molar-refractivity contribution in [1.82, 2.24) is 15.2 Å². The van der Waals surface area contributed by atoms with Gasteiger partial charge in [-0.1, -0.05) is 11.6 Å². The number of hydrogen-bond acceptors (Lipinski definition) is 4. The van der Waals surface area contributed by atoms with Crippen molar-refractivity contribution >= 4 is 28.8 Å². The van der Waals surface area contributed by atoms with Crippen LogP contribution in [-0.4, -0.2) is 41.0 Å². The van der Waals surface area contributed by atoms with Gasteiger partial charge < -0.3 is 5.32 Å². The van der Waals surface area contributed by atoms with Crippen LogP contribution in [0.4, 0.5) is 0 Å². The van der Waals surface area contributed by atoms with Gasteiger partial charge in [0.1, 0.15) is 0 Å². The highest BCUT2D eigenvalue weighted by Crippen LogP contribution is 2.33. The van der Waals surface area contributed by atoms with Gasteiger partial charge in [-0.05, 0) is 57.0 Å². The van der Waals surface area contributed by atoms with Crippen molar-refractivity contribution in [1.29, 1.82) is 0 Å². The quantitative estimate of drug-likeness (QED) is 0.907. The monoisotopic (exact) mass is 361 g/mol. The summed E-state index contributed by atoms with van der Waals surface area (Å²) in [7, 11) is 0. The van der Waals surface area contributed by atoms with E-state index in [1.165, 1.54) is 37.3 Å². The molecule has 4 nitrogen and oxygen atoms in total. The molecule has 0 unspecified atom stereocenters. The zero-order chi connectivity index (χ0) is 16.7. The van der Waals surface area contributed by atoms with E-state index in [2.05, 4.69) is 22.1 Å². The van der Waals surface area contributed by atoms with Gasteiger partial charge in [-0.2, -0.15) is 0 Å². The molecule has 3 fully saturated rings. The zero-order valence-electron chi connectivity index (χ0n) is 13.5. The van der Waals surface area contributed by atoms with Gasteiger partial charge >= 0.3 is 0 Å². The third-order valence-electron chi connectivity index (χ3n) is 5.29. The van der Waals surface area contributed by atoms with Gasteiger partial charge in [0.05, 0.1) is 9.90 Å². The van der Waals surface area contributed by atoms with Gasteiger partial charge in [0.25, 0.3) is 5.91 Å². The topological polar surface area (TPSA) is 45.2 Å². The van der Waals surface area contributed by atoms with E-state index in [9.17, 15) is 4.79 Å². The molecule has 126 valence electrons. The van der Waals surface area contributed by atoms with Crippen LogP contribution >= 0.6 is 22.9 Å². The normalized spacial score (nSPS) is 28.8. The number of halogens is 1. The molecular weight excluding hydrogens is 342 g/mol. The highest BCUT2D eigenvalue weighted by atomic mass is 35.5. The van der Waals surface area contributed by atoms with Crippen LogP contribution in [0, 0.1) is 5.92 Å². The largest absolute Gasteiger partial charge is 0.347 e. The van der Waals surface area contributed by atoms with Gasteiger partial charge in [-0.25, -0.2) is 0 Å². The number of thiophene rings is 1. The molecule has 6 heteroatoms. The van der Waals surface area contributed by atoms with Crippen molar-refractivity contribution in [3.63, 3.8) is 0 Å². The maximum absolute atomic E-state index is 12.7. The molecule has 2 bridgehead atoms. The zero-order valence-corrected chi connectivity index (χ0v) is 15.1. The summed E-state index contributed by atoms with van der Waals surface area (Å²) >= 11 is 7.49. The molecule has 5 heterocycles. The first kappa shape index (κ1) is 16.1. The molecule has 2 atom stereocenters. The average Bonchev–Trinajstić information content (AvgIpc) is 3.09. The molecule has 0 aliphatic carbocycles. The van der Waals surface area contributed by atoms with Crippen molar-refractivity contribution in [2.45, 2.75) is 31.8 Å². The standard InChI is InChI=1S/C18H20ClN3OS/c1-11-17(12-4-6-22(11)7-5-12)21-18(23)16-3-2-15(24-16)13-8-14(19)10-20-9-13/h2-3,8-12,17H,4-7H2,1H3,(H,21,23)/t11-,17-/m0/s1. The lowest BCUT2D eigenvalue weighted by Crippen LogP contribution is -2.62. The summed E-state index contributed by atoms with van der Waals surface area (Å²) < 4.78 is 0. The van der Waals surface area contributed by atoms with E-state index in [0.29, 0.717) is 17.0 Å². The molecule has 1 amide bonds. The molecule has 3 saturated heterocycles. The Hall–Kier alpha value is -1.43. The van der Waals surface area contributed by atoms with Crippen molar-refractivity contribution in [3.8, 4) is 10.4 Å². The number of carbonyl (C=O) groups is 1. The van der Waals surface area contributed by atoms with Gasteiger partial charge in [0.2, 0.25) is 0 Å². The minimum Gasteiger partial charge on any atom is -0.347 e. The second kappa shape index (κ2) is 6.47. The van der Waals surface area contributed by atoms with E-state index >= 15 is 0 Å². The van der Waals surface area contributed by atoms with E-state index in [4.69, 9.17) is 11.6 Å². The minimum absolute atomic E-state index is 0.0341. The van der Waals surface area contributed by atoms with Crippen molar-refractivity contribution in [2.24, 2.45) is 5.92 Å². The molecule has 0 aromatic carbocycles. The van der Waals surface area contributed by atoms with Crippen LogP contribution in [0.3, 0.4) is 0 Å². The minimum atomic E-state index is 0.0341. The predicted octanol–water partition coefficient (Wildman–Crippen LogP) is 3.68. The number of nitrogens with zero attached hydrogens (tertiary/aromatic N) is 2. The van der Waals surface area contributed by atoms with Crippen LogP contribution in [0.25, 0.3) is 10.4 Å². The SMILES string of the molecule is C[C@H]1[C@H](NC(=O)c2ccc(-c3cncc(Cl)c3)s2)C2CCN1CC2. The Kier molecular flexibility index (Phi) is 4.33. The molecule has 1 N–H and O–H groups in total. The Bertz CT molecular complexity index is 752. The first-order chi connectivity index (χ1) is 11.6. The van der Waals surface area contributed by atoms with E-state index in [0.717, 1.165) is 15.3 Å². The molecule has 3 aliphatic rings. The van der Waals surface area contributed by atoms with E-state index in [1.54, 1.807) is 12.4 Å². The Morgan fingerprint density at radius 2 is 2.12 bits per heavy atom. The second-order valence-electron chi connectivity index (χ2n) is 6.67. The first-order valence-electron chi connectivity index (χ1n) is 8.37. The van der Waals surface area contributed by atoms with Crippen molar-refractivity contribution < 1.29 is 4.79 Å². The smallest absolute Gasteiger partial charge is 0.261 e. The van der Waals surface area contributed by atoms with E-state index in [-0.39, 0.29) is 11.9 Å². The van der Waals surface area contributed by atoms with Crippen molar-refractivity contribution in [2.75, 3.05) is 13.1 Å². The summed E-state index contributed by atoms with van der Waals surface area (Å²) in [5.74, 6) is 0.650. The Morgan fingerprint density at radius 3 is 2.83 bits per heavy atom. The van der Waals surface area contributed by atoms with E-state index in [1.807, 2.05) is 18.2 Å². The van der Waals surface area contributed by atoms with Crippen LogP contribution < -0.4 is 5.32 Å². The van der Waals surface area contributed by atoms with Crippen LogP contribution in [-0.2, 0) is 0 Å². The molecule has 24 heavy (non-hydrogen) atoms. The lowest BCUT2D eigenvalue weighted by atomic mass is 9.79. The third kappa shape index (κ3) is 2.96. The maximum atomic E-state index is 12.7. The first-order valence-corrected chi connectivity index (χ1v) is 9.57. The summed E-state index contributed by atoms with van der Waals surface area (Å²) in [6.45, 7) is 4.57. The molecule has 5 rings (SSSR count). The molecule has 3 aliphatic heterocycles. The van der Waals surface area contributed by atoms with Crippen LogP contribution in [0.5, 0.6) is 0 Å². The van der Waals surface area contributed by atoms with Crippen LogP contribution in [0.2, 0.25) is 5.02 Å². The maximum Gasteiger partial charge on any atom is 0.261 e. The van der Waals surface area contributed by atoms with E-state index < -0.39 is 0 Å². The summed E-state index contributed by atoms with van der Waals surface area (Å²) in [6.07, 6.45) is 5.77. The van der Waals surface area contributed by atoms with Crippen LogP contribution in [0.1, 0.15) is 29.4 Å². The molecule has 2 aromatic heterocycles. The van der Waals surface area contributed by atoms with Gasteiger partial charge in [-0.15, -0.1) is 11.3 Å². The lowest BCUT2D eigenvalue weighted by molar-refractivity contribution is 0.0218. The van der Waals surface area contributed by atoms with Crippen molar-refractivity contribution in [3.05, 3.63) is 40.5 Å². The Morgan fingerprint density at radius 1 is 1.33 bits per heavy atom. The predicted molar refractivity (Wildman–Crippen MR) is 97.6 cm³/mol. The average molecular weight is 362 g/mol. The van der Waals surface area contributed by atoms with Gasteiger partial charge in [0, 0.05) is 34.9 Å². The number of piperidine rings is 3. The van der Waals surface area contributed by atoms with Gasteiger partial charge in [-0.3, -0.25) is 14.7 Å². The number of aromatic nitrogens is 1. The fourth-order valence-corrected chi connectivity index (χ4v) is 4.99. The fraction of sp³-hybridized carbons (Fsp3) is 0.444. The molecule has 0 saturated carbocycles. The molecule has 2 aromatic rings. The van der Waals surface area contributed by atoms with Gasteiger partial charge in [0.15, 0.2) is 0 Å². The Balaban J connectivity index is 1.49. The number of pyridine rings is 1. The second-order valence-corrected chi connectivity index (χ2v) is 8.19. The third-order valence-corrected chi connectivity index (χ3v) is 6.63. The van der Waals surface area contributed by atoms with Crippen LogP contribution in [0.15, 0.2) is 30.6 Å². The number of rotatable bonds is 3.